The van der Waals surface area contributed by atoms with Crippen LogP contribution in [0.25, 0.3) is 5.57 Å². The Kier molecular flexibility index (Phi) is 4.46. The van der Waals surface area contributed by atoms with E-state index in [9.17, 15) is 0 Å². The normalized spacial score (nSPS) is 11.2. The van der Waals surface area contributed by atoms with Gasteiger partial charge < -0.3 is 10.1 Å². The molecule has 0 unspecified atom stereocenters. The van der Waals surface area contributed by atoms with Crippen LogP contribution in [0.5, 0.6) is 5.75 Å². The molecule has 110 valence electrons. The highest BCUT2D eigenvalue weighted by atomic mass is 32.1. The van der Waals surface area contributed by atoms with Gasteiger partial charge in [-0.1, -0.05) is 30.3 Å². The molecule has 0 saturated carbocycles. The van der Waals surface area contributed by atoms with Crippen molar-refractivity contribution in [2.75, 3.05) is 12.4 Å². The maximum Gasteiger partial charge on any atom is 0.145 e. The summed E-state index contributed by atoms with van der Waals surface area (Å²) < 4.78 is 9.25. The Balaban J connectivity index is 1.88. The molecule has 0 aliphatic rings. The van der Waals surface area contributed by atoms with Crippen molar-refractivity contribution in [3.05, 3.63) is 77.7 Å². The van der Waals surface area contributed by atoms with Gasteiger partial charge in [-0.25, -0.2) is 4.98 Å². The van der Waals surface area contributed by atoms with E-state index in [-0.39, 0.29) is 0 Å². The van der Waals surface area contributed by atoms with E-state index in [1.54, 1.807) is 13.4 Å². The maximum absolute atomic E-state index is 5.16. The fraction of sp³-hybridized carbons (Fsp3) is 0.0588. The summed E-state index contributed by atoms with van der Waals surface area (Å²) in [6, 6.07) is 17.9. The van der Waals surface area contributed by atoms with Gasteiger partial charge >= 0.3 is 0 Å². The van der Waals surface area contributed by atoms with Gasteiger partial charge in [0.05, 0.1) is 7.11 Å². The molecule has 5 heteroatoms. The molecule has 22 heavy (non-hydrogen) atoms. The summed E-state index contributed by atoms with van der Waals surface area (Å²) in [6.45, 7) is 0. The minimum Gasteiger partial charge on any atom is -0.497 e. The van der Waals surface area contributed by atoms with E-state index in [1.807, 2.05) is 48.7 Å². The third-order valence-corrected chi connectivity index (χ3v) is 3.85. The number of aromatic nitrogens is 2. The minimum absolute atomic E-state index is 0.835. The van der Waals surface area contributed by atoms with Gasteiger partial charge in [-0.2, -0.15) is 4.37 Å². The molecule has 0 bridgehead atoms. The van der Waals surface area contributed by atoms with Gasteiger partial charge in [-0.3, -0.25) is 0 Å². The number of nitrogens with zero attached hydrogens (tertiary/aromatic N) is 2. The number of hydrogen-bond donors (Lipinski definition) is 1. The number of nitrogens with one attached hydrogen (secondary N) is 1. The summed E-state index contributed by atoms with van der Waals surface area (Å²) in [5.74, 6) is 0.835. The predicted octanol–water partition coefficient (Wildman–Crippen LogP) is 4.05. The number of ether oxygens (including phenoxy) is 1. The number of benzene rings is 2. The molecule has 0 aliphatic heterocycles. The summed E-state index contributed by atoms with van der Waals surface area (Å²) in [6.07, 6.45) is 3.53. The average Bonchev–Trinajstić information content (AvgIpc) is 3.11. The molecule has 0 atom stereocenters. The minimum atomic E-state index is 0.835. The molecular weight excluding hydrogens is 294 g/mol. The first kappa shape index (κ1) is 14.3. The molecule has 0 fully saturated rings. The Bertz CT molecular complexity index is 737. The fourth-order valence-corrected chi connectivity index (χ4v) is 2.58. The molecule has 0 aliphatic carbocycles. The highest BCUT2D eigenvalue weighted by Gasteiger charge is 2.08. The van der Waals surface area contributed by atoms with E-state index in [2.05, 4.69) is 26.8 Å². The lowest BCUT2D eigenvalue weighted by molar-refractivity contribution is 0.415. The fourth-order valence-electron chi connectivity index (χ4n) is 2.02. The van der Waals surface area contributed by atoms with Gasteiger partial charge in [0.2, 0.25) is 0 Å². The highest BCUT2D eigenvalue weighted by molar-refractivity contribution is 7.06. The van der Waals surface area contributed by atoms with Crippen LogP contribution in [-0.4, -0.2) is 16.5 Å². The van der Waals surface area contributed by atoms with Crippen molar-refractivity contribution in [3.8, 4) is 5.75 Å². The SMILES string of the molecule is COc1ccc(N/C=C(\c2ccccc2)c2ncns2)cc1. The lowest BCUT2D eigenvalue weighted by Crippen LogP contribution is -1.94. The van der Waals surface area contributed by atoms with E-state index in [0.29, 0.717) is 0 Å². The van der Waals surface area contributed by atoms with Crippen LogP contribution in [0.3, 0.4) is 0 Å². The summed E-state index contributed by atoms with van der Waals surface area (Å²) in [4.78, 5) is 4.31. The Morgan fingerprint density at radius 1 is 1.09 bits per heavy atom. The third-order valence-electron chi connectivity index (χ3n) is 3.15. The van der Waals surface area contributed by atoms with Crippen molar-refractivity contribution >= 4 is 22.8 Å². The van der Waals surface area contributed by atoms with Crippen molar-refractivity contribution in [1.82, 2.24) is 9.36 Å². The molecule has 0 saturated heterocycles. The molecule has 4 nitrogen and oxygen atoms in total. The molecule has 1 aromatic heterocycles. The van der Waals surface area contributed by atoms with Crippen molar-refractivity contribution in [2.45, 2.75) is 0 Å². The van der Waals surface area contributed by atoms with E-state index >= 15 is 0 Å². The first-order chi connectivity index (χ1) is 10.9. The van der Waals surface area contributed by atoms with Crippen LogP contribution in [0.4, 0.5) is 5.69 Å². The molecule has 1 N–H and O–H groups in total. The second-order valence-corrected chi connectivity index (χ2v) is 5.32. The molecule has 3 aromatic rings. The van der Waals surface area contributed by atoms with Crippen molar-refractivity contribution in [3.63, 3.8) is 0 Å². The quantitative estimate of drug-likeness (QED) is 0.772. The third kappa shape index (κ3) is 3.32. The Morgan fingerprint density at radius 2 is 1.86 bits per heavy atom. The second kappa shape index (κ2) is 6.87. The van der Waals surface area contributed by atoms with E-state index in [1.165, 1.54) is 11.5 Å². The Labute approximate surface area is 133 Å². The predicted molar refractivity (Wildman–Crippen MR) is 90.0 cm³/mol. The summed E-state index contributed by atoms with van der Waals surface area (Å²) in [5, 5.41) is 4.19. The van der Waals surface area contributed by atoms with Gasteiger partial charge in [0.25, 0.3) is 0 Å². The first-order valence-corrected chi connectivity index (χ1v) is 7.57. The van der Waals surface area contributed by atoms with Gasteiger partial charge in [-0.15, -0.1) is 0 Å². The molecule has 0 spiro atoms. The number of rotatable bonds is 5. The van der Waals surface area contributed by atoms with Gasteiger partial charge in [0.1, 0.15) is 17.1 Å². The number of hydrogen-bond acceptors (Lipinski definition) is 5. The Morgan fingerprint density at radius 3 is 2.50 bits per heavy atom. The molecule has 0 radical (unpaired) electrons. The van der Waals surface area contributed by atoms with Crippen LogP contribution >= 0.6 is 11.5 Å². The van der Waals surface area contributed by atoms with Crippen molar-refractivity contribution in [2.24, 2.45) is 0 Å². The molecule has 2 aromatic carbocycles. The molecule has 3 rings (SSSR count). The van der Waals surface area contributed by atoms with Crippen LogP contribution in [0, 0.1) is 0 Å². The molecule has 0 amide bonds. The Hall–Kier alpha value is -2.66. The maximum atomic E-state index is 5.16. The second-order valence-electron chi connectivity index (χ2n) is 4.54. The van der Waals surface area contributed by atoms with Crippen LogP contribution in [0.15, 0.2) is 67.1 Å². The summed E-state index contributed by atoms with van der Waals surface area (Å²) in [5.41, 5.74) is 3.10. The lowest BCUT2D eigenvalue weighted by atomic mass is 10.1. The summed E-state index contributed by atoms with van der Waals surface area (Å²) >= 11 is 1.38. The van der Waals surface area contributed by atoms with Crippen LogP contribution in [0.1, 0.15) is 10.6 Å². The van der Waals surface area contributed by atoms with Gasteiger partial charge in [0.15, 0.2) is 0 Å². The number of methoxy groups -OCH3 is 1. The van der Waals surface area contributed by atoms with Crippen LogP contribution in [0.2, 0.25) is 0 Å². The van der Waals surface area contributed by atoms with E-state index < -0.39 is 0 Å². The molecular formula is C17H15N3OS. The monoisotopic (exact) mass is 309 g/mol. The van der Waals surface area contributed by atoms with Crippen LogP contribution < -0.4 is 10.1 Å². The highest BCUT2D eigenvalue weighted by Crippen LogP contribution is 2.24. The number of anilines is 1. The van der Waals surface area contributed by atoms with Crippen molar-refractivity contribution in [1.29, 1.82) is 0 Å². The lowest BCUT2D eigenvalue weighted by Gasteiger charge is -2.07. The van der Waals surface area contributed by atoms with E-state index in [0.717, 1.165) is 27.6 Å². The standard InChI is InChI=1S/C17H15N3OS/c1-21-15-9-7-14(8-10-15)18-11-16(17-19-12-20-22-17)13-5-3-2-4-6-13/h2-12,18H,1H3/b16-11+. The van der Waals surface area contributed by atoms with Crippen LogP contribution in [-0.2, 0) is 0 Å². The zero-order chi connectivity index (χ0) is 15.2. The largest absolute Gasteiger partial charge is 0.497 e. The van der Waals surface area contributed by atoms with Gasteiger partial charge in [-0.05, 0) is 41.4 Å². The van der Waals surface area contributed by atoms with E-state index in [4.69, 9.17) is 4.74 Å². The summed E-state index contributed by atoms with van der Waals surface area (Å²) in [7, 11) is 1.66. The zero-order valence-corrected chi connectivity index (χ0v) is 12.9. The smallest absolute Gasteiger partial charge is 0.145 e. The zero-order valence-electron chi connectivity index (χ0n) is 12.1. The molecule has 1 heterocycles. The first-order valence-electron chi connectivity index (χ1n) is 6.80. The average molecular weight is 309 g/mol. The topological polar surface area (TPSA) is 47.0 Å². The van der Waals surface area contributed by atoms with Gasteiger partial charge in [0, 0.05) is 17.5 Å². The van der Waals surface area contributed by atoms with Crippen molar-refractivity contribution < 1.29 is 4.74 Å².